The van der Waals surface area contributed by atoms with E-state index in [0.717, 1.165) is 37.0 Å². The molecule has 35 heavy (non-hydrogen) atoms. The van der Waals surface area contributed by atoms with E-state index in [-0.39, 0.29) is 43.3 Å². The quantitative estimate of drug-likeness (QED) is 0.326. The van der Waals surface area contributed by atoms with E-state index in [1.807, 2.05) is 0 Å². The lowest BCUT2D eigenvalue weighted by Gasteiger charge is -2.27. The van der Waals surface area contributed by atoms with E-state index in [0.29, 0.717) is 17.9 Å². The van der Waals surface area contributed by atoms with E-state index in [1.54, 1.807) is 64.6 Å². The molecule has 7 heteroatoms. The van der Waals surface area contributed by atoms with Gasteiger partial charge in [-0.2, -0.15) is 0 Å². The molecule has 0 N–H and O–H groups in total. The number of carbonyl (C=O) groups is 2. The van der Waals surface area contributed by atoms with Crippen LogP contribution in [0.5, 0.6) is 5.75 Å². The van der Waals surface area contributed by atoms with Crippen molar-refractivity contribution in [1.29, 1.82) is 0 Å². The Kier molecular flexibility index (Phi) is 8.19. The fraction of sp³-hybridized carbons (Fsp3) is 0.357. The van der Waals surface area contributed by atoms with Crippen LogP contribution in [0.3, 0.4) is 0 Å². The highest BCUT2D eigenvalue weighted by atomic mass is 19.1. The summed E-state index contributed by atoms with van der Waals surface area (Å²) in [5.74, 6) is 0.688. The van der Waals surface area contributed by atoms with Crippen LogP contribution in [0.15, 0.2) is 71.3 Å². The maximum absolute atomic E-state index is 13.4. The molecule has 6 nitrogen and oxygen atoms in total. The molecule has 2 aromatic carbocycles. The molecule has 1 aromatic heterocycles. The van der Waals surface area contributed by atoms with Crippen molar-refractivity contribution in [2.45, 2.75) is 51.7 Å². The molecular formula is C28H31FN2O4. The van der Waals surface area contributed by atoms with Crippen LogP contribution in [0, 0.1) is 5.82 Å². The van der Waals surface area contributed by atoms with Crippen molar-refractivity contribution in [3.05, 3.63) is 89.6 Å². The van der Waals surface area contributed by atoms with Crippen LogP contribution in [-0.2, 0) is 17.9 Å². The van der Waals surface area contributed by atoms with E-state index >= 15 is 0 Å². The lowest BCUT2D eigenvalue weighted by Crippen LogP contribution is -2.43. The Morgan fingerprint density at radius 2 is 1.77 bits per heavy atom. The topological polar surface area (TPSA) is 63.0 Å². The maximum atomic E-state index is 13.4. The zero-order chi connectivity index (χ0) is 24.6. The van der Waals surface area contributed by atoms with Crippen LogP contribution in [0.2, 0.25) is 0 Å². The van der Waals surface area contributed by atoms with Gasteiger partial charge in [-0.1, -0.05) is 25.5 Å². The predicted octanol–water partition coefficient (Wildman–Crippen LogP) is 5.43. The van der Waals surface area contributed by atoms with Gasteiger partial charge in [-0.3, -0.25) is 9.59 Å². The summed E-state index contributed by atoms with van der Waals surface area (Å²) in [4.78, 5) is 30.0. The summed E-state index contributed by atoms with van der Waals surface area (Å²) < 4.78 is 24.5. The van der Waals surface area contributed by atoms with Crippen LogP contribution in [0.4, 0.5) is 4.39 Å². The van der Waals surface area contributed by atoms with Gasteiger partial charge in [-0.15, -0.1) is 0 Å². The van der Waals surface area contributed by atoms with E-state index in [2.05, 4.69) is 6.92 Å². The molecular weight excluding hydrogens is 447 g/mol. The molecule has 184 valence electrons. The number of carbonyl (C=O) groups excluding carboxylic acids is 2. The van der Waals surface area contributed by atoms with Crippen LogP contribution in [0.25, 0.3) is 0 Å². The minimum absolute atomic E-state index is 0.0276. The minimum atomic E-state index is -0.329. The van der Waals surface area contributed by atoms with Gasteiger partial charge in [0, 0.05) is 18.2 Å². The fourth-order valence-corrected chi connectivity index (χ4v) is 3.83. The summed E-state index contributed by atoms with van der Waals surface area (Å²) in [7, 11) is 0. The van der Waals surface area contributed by atoms with Crippen LogP contribution < -0.4 is 4.74 Å². The summed E-state index contributed by atoms with van der Waals surface area (Å²) >= 11 is 0. The zero-order valence-corrected chi connectivity index (χ0v) is 20.0. The van der Waals surface area contributed by atoms with E-state index in [1.165, 1.54) is 12.1 Å². The summed E-state index contributed by atoms with van der Waals surface area (Å²) in [5.41, 5.74) is 1.33. The number of amides is 2. The number of halogens is 1. The standard InChI is InChI=1S/C28H31FN2O4/c1-2-3-16-34-25-14-8-22(9-15-25)28(33)31(24-12-13-24)20-27(32)30(19-26-5-4-17-35-26)18-21-6-10-23(29)11-7-21/h4-11,14-15,17,24H,2-3,12-13,16,18-20H2,1H3. The van der Waals surface area contributed by atoms with E-state index < -0.39 is 0 Å². The second-order valence-electron chi connectivity index (χ2n) is 8.85. The lowest BCUT2D eigenvalue weighted by atomic mass is 10.1. The van der Waals surface area contributed by atoms with Gasteiger partial charge in [0.25, 0.3) is 5.91 Å². The minimum Gasteiger partial charge on any atom is -0.494 e. The maximum Gasteiger partial charge on any atom is 0.254 e. The number of hydrogen-bond acceptors (Lipinski definition) is 4. The largest absolute Gasteiger partial charge is 0.494 e. The molecule has 0 atom stereocenters. The van der Waals surface area contributed by atoms with Gasteiger partial charge in [-0.25, -0.2) is 4.39 Å². The number of ether oxygens (including phenoxy) is 1. The smallest absolute Gasteiger partial charge is 0.254 e. The summed E-state index contributed by atoms with van der Waals surface area (Å²) in [6.45, 7) is 3.27. The third kappa shape index (κ3) is 6.94. The first kappa shape index (κ1) is 24.5. The Balaban J connectivity index is 1.46. The van der Waals surface area contributed by atoms with Crippen molar-refractivity contribution in [1.82, 2.24) is 9.80 Å². The second-order valence-corrected chi connectivity index (χ2v) is 8.85. The van der Waals surface area contributed by atoms with Crippen molar-refractivity contribution in [2.24, 2.45) is 0 Å². The molecule has 2 amide bonds. The molecule has 0 aliphatic heterocycles. The molecule has 1 aliphatic rings. The number of furan rings is 1. The second kappa shape index (κ2) is 11.7. The van der Waals surface area contributed by atoms with Gasteiger partial charge < -0.3 is 19.0 Å². The van der Waals surface area contributed by atoms with Crippen LogP contribution >= 0.6 is 0 Å². The SMILES string of the molecule is CCCCOc1ccc(C(=O)N(CC(=O)N(Cc2ccc(F)cc2)Cc2ccco2)C2CC2)cc1. The first-order valence-electron chi connectivity index (χ1n) is 12.1. The van der Waals surface area contributed by atoms with Crippen molar-refractivity contribution in [3.8, 4) is 5.75 Å². The summed E-state index contributed by atoms with van der Waals surface area (Å²) in [6.07, 6.45) is 5.36. The van der Waals surface area contributed by atoms with Gasteiger partial charge in [0.2, 0.25) is 5.91 Å². The molecule has 0 spiro atoms. The molecule has 1 fully saturated rings. The van der Waals surface area contributed by atoms with Crippen molar-refractivity contribution < 1.29 is 23.1 Å². The van der Waals surface area contributed by atoms with E-state index in [9.17, 15) is 14.0 Å². The highest BCUT2D eigenvalue weighted by Gasteiger charge is 2.35. The molecule has 0 saturated heterocycles. The first-order chi connectivity index (χ1) is 17.0. The van der Waals surface area contributed by atoms with E-state index in [4.69, 9.17) is 9.15 Å². The molecule has 0 unspecified atom stereocenters. The molecule has 0 radical (unpaired) electrons. The average Bonchev–Trinajstić information content (AvgIpc) is 3.58. The molecule has 1 saturated carbocycles. The van der Waals surface area contributed by atoms with Crippen molar-refractivity contribution >= 4 is 11.8 Å². The highest BCUT2D eigenvalue weighted by molar-refractivity contribution is 5.97. The normalized spacial score (nSPS) is 12.9. The third-order valence-corrected chi connectivity index (χ3v) is 5.99. The summed E-state index contributed by atoms with van der Waals surface area (Å²) in [5, 5.41) is 0. The Bertz CT molecular complexity index is 1090. The van der Waals surface area contributed by atoms with Crippen molar-refractivity contribution in [3.63, 3.8) is 0 Å². The Hall–Kier alpha value is -3.61. The number of nitrogens with zero attached hydrogens (tertiary/aromatic N) is 2. The Labute approximate surface area is 205 Å². The zero-order valence-electron chi connectivity index (χ0n) is 20.0. The molecule has 0 bridgehead atoms. The molecule has 4 rings (SSSR count). The Morgan fingerprint density at radius 3 is 2.40 bits per heavy atom. The number of hydrogen-bond donors (Lipinski definition) is 0. The average molecular weight is 479 g/mol. The number of benzene rings is 2. The van der Waals surface area contributed by atoms with Crippen LogP contribution in [-0.4, -0.2) is 40.8 Å². The summed E-state index contributed by atoms with van der Waals surface area (Å²) in [6, 6.07) is 16.8. The predicted molar refractivity (Wildman–Crippen MR) is 130 cm³/mol. The first-order valence-corrected chi connectivity index (χ1v) is 12.1. The number of rotatable bonds is 12. The Morgan fingerprint density at radius 1 is 1.03 bits per heavy atom. The van der Waals surface area contributed by atoms with Crippen LogP contribution in [0.1, 0.15) is 54.3 Å². The molecule has 3 aromatic rings. The third-order valence-electron chi connectivity index (χ3n) is 5.99. The number of unbranched alkanes of at least 4 members (excludes halogenated alkanes) is 1. The monoisotopic (exact) mass is 478 g/mol. The van der Waals surface area contributed by atoms with Gasteiger partial charge >= 0.3 is 0 Å². The molecule has 1 heterocycles. The van der Waals surface area contributed by atoms with Crippen molar-refractivity contribution in [2.75, 3.05) is 13.2 Å². The van der Waals surface area contributed by atoms with Gasteiger partial charge in [0.15, 0.2) is 0 Å². The highest BCUT2D eigenvalue weighted by Crippen LogP contribution is 2.29. The fourth-order valence-electron chi connectivity index (χ4n) is 3.83. The lowest BCUT2D eigenvalue weighted by molar-refractivity contribution is -0.133. The van der Waals surface area contributed by atoms with Gasteiger partial charge in [0.05, 0.1) is 19.4 Å². The van der Waals surface area contributed by atoms with Gasteiger partial charge in [0.1, 0.15) is 23.9 Å². The van der Waals surface area contributed by atoms with Gasteiger partial charge in [-0.05, 0) is 73.4 Å². The molecule has 1 aliphatic carbocycles.